The van der Waals surface area contributed by atoms with E-state index in [2.05, 4.69) is 24.4 Å². The number of nitrogens with one attached hydrogen (secondary N) is 1. The van der Waals surface area contributed by atoms with Crippen LogP contribution in [0.3, 0.4) is 0 Å². The number of hydrogen-bond acceptors (Lipinski definition) is 4. The van der Waals surface area contributed by atoms with E-state index in [-0.39, 0.29) is 18.4 Å². The van der Waals surface area contributed by atoms with Gasteiger partial charge in [-0.15, -0.1) is 0 Å². The summed E-state index contributed by atoms with van der Waals surface area (Å²) in [5.41, 5.74) is 2.27. The first kappa shape index (κ1) is 18.1. The molecule has 0 aliphatic carbocycles. The van der Waals surface area contributed by atoms with Crippen molar-refractivity contribution in [3.05, 3.63) is 35.4 Å². The van der Waals surface area contributed by atoms with E-state index in [0.717, 1.165) is 18.5 Å². The van der Waals surface area contributed by atoms with Crippen LogP contribution >= 0.6 is 0 Å². The van der Waals surface area contributed by atoms with Crippen LogP contribution < -0.4 is 5.32 Å². The minimum atomic E-state index is -3.20. The molecule has 0 aliphatic heterocycles. The molecule has 1 aromatic carbocycles. The molecule has 1 aromatic rings. The van der Waals surface area contributed by atoms with Gasteiger partial charge < -0.3 is 10.1 Å². The minimum Gasteiger partial charge on any atom is -0.384 e. The van der Waals surface area contributed by atoms with Crippen molar-refractivity contribution in [1.29, 1.82) is 0 Å². The fraction of sp³-hybridized carbons (Fsp3) is 0.625. The molecule has 2 atom stereocenters. The zero-order chi connectivity index (χ0) is 15.9. The molecule has 120 valence electrons. The van der Waals surface area contributed by atoms with Crippen molar-refractivity contribution in [2.75, 3.05) is 26.0 Å². The van der Waals surface area contributed by atoms with Crippen LogP contribution in [0.15, 0.2) is 24.3 Å². The van der Waals surface area contributed by atoms with E-state index in [1.54, 1.807) is 6.92 Å². The maximum Gasteiger partial charge on any atom is 0.157 e. The van der Waals surface area contributed by atoms with Gasteiger partial charge in [-0.05, 0) is 31.0 Å². The number of ether oxygens (including phenoxy) is 1. The van der Waals surface area contributed by atoms with Crippen LogP contribution in [0.5, 0.6) is 0 Å². The molecule has 0 aliphatic rings. The summed E-state index contributed by atoms with van der Waals surface area (Å²) < 4.78 is 29.7. The molecule has 0 radical (unpaired) electrons. The summed E-state index contributed by atoms with van der Waals surface area (Å²) in [6, 6.07) is 7.98. The molecule has 0 spiro atoms. The van der Waals surface area contributed by atoms with E-state index in [1.165, 1.54) is 12.7 Å². The molecule has 0 amide bonds. The SMILES string of the molecule is CCNC(c1ccc(CC)cc1)C(C)S(=O)(=O)CCOC. The molecule has 21 heavy (non-hydrogen) atoms. The predicted octanol–water partition coefficient (Wildman–Crippen LogP) is 2.35. The van der Waals surface area contributed by atoms with E-state index in [1.807, 2.05) is 19.1 Å². The zero-order valence-electron chi connectivity index (χ0n) is 13.4. The number of methoxy groups -OCH3 is 1. The Morgan fingerprint density at radius 2 is 1.81 bits per heavy atom. The highest BCUT2D eigenvalue weighted by Gasteiger charge is 2.29. The molecule has 0 saturated carbocycles. The highest BCUT2D eigenvalue weighted by molar-refractivity contribution is 7.92. The quantitative estimate of drug-likeness (QED) is 0.760. The van der Waals surface area contributed by atoms with E-state index < -0.39 is 15.1 Å². The van der Waals surface area contributed by atoms with Crippen LogP contribution in [-0.2, 0) is 21.0 Å². The van der Waals surface area contributed by atoms with Gasteiger partial charge in [0.2, 0.25) is 0 Å². The number of aryl methyl sites for hydroxylation is 1. The molecular weight excluding hydrogens is 286 g/mol. The van der Waals surface area contributed by atoms with Gasteiger partial charge >= 0.3 is 0 Å². The summed E-state index contributed by atoms with van der Waals surface area (Å²) in [4.78, 5) is 0. The average Bonchev–Trinajstić information content (AvgIpc) is 2.50. The molecule has 0 heterocycles. The second-order valence-corrected chi connectivity index (χ2v) is 7.67. The van der Waals surface area contributed by atoms with Crippen molar-refractivity contribution in [2.24, 2.45) is 0 Å². The van der Waals surface area contributed by atoms with Gasteiger partial charge in [-0.25, -0.2) is 8.42 Å². The van der Waals surface area contributed by atoms with Crippen molar-refractivity contribution in [1.82, 2.24) is 5.32 Å². The molecule has 0 fully saturated rings. The highest BCUT2D eigenvalue weighted by Crippen LogP contribution is 2.23. The van der Waals surface area contributed by atoms with E-state index in [9.17, 15) is 8.42 Å². The van der Waals surface area contributed by atoms with E-state index in [0.29, 0.717) is 0 Å². The molecule has 4 nitrogen and oxygen atoms in total. The summed E-state index contributed by atoms with van der Waals surface area (Å²) in [5.74, 6) is 0.0552. The highest BCUT2D eigenvalue weighted by atomic mass is 32.2. The Labute approximate surface area is 128 Å². The Hall–Kier alpha value is -0.910. The molecule has 1 N–H and O–H groups in total. The van der Waals surface area contributed by atoms with Crippen molar-refractivity contribution in [3.63, 3.8) is 0 Å². The topological polar surface area (TPSA) is 55.4 Å². The standard InChI is InChI=1S/C16H27NO3S/c1-5-14-7-9-15(10-8-14)16(17-6-2)13(3)21(18,19)12-11-20-4/h7-10,13,16-17H,5-6,11-12H2,1-4H3. The Kier molecular flexibility index (Phi) is 7.35. The summed E-state index contributed by atoms with van der Waals surface area (Å²) in [6.07, 6.45) is 0.980. The Bertz CT molecular complexity index is 511. The monoisotopic (exact) mass is 313 g/mol. The van der Waals surface area contributed by atoms with Crippen LogP contribution in [-0.4, -0.2) is 39.7 Å². The molecule has 5 heteroatoms. The van der Waals surface area contributed by atoms with Crippen molar-refractivity contribution in [3.8, 4) is 0 Å². The van der Waals surface area contributed by atoms with Crippen LogP contribution in [0.1, 0.15) is 37.9 Å². The minimum absolute atomic E-state index is 0.0552. The molecule has 2 unspecified atom stereocenters. The third-order valence-corrected chi connectivity index (χ3v) is 5.92. The van der Waals surface area contributed by atoms with Gasteiger partial charge in [-0.3, -0.25) is 0 Å². The van der Waals surface area contributed by atoms with Gasteiger partial charge in [0.05, 0.1) is 17.6 Å². The number of benzene rings is 1. The van der Waals surface area contributed by atoms with Gasteiger partial charge in [0.15, 0.2) is 9.84 Å². The van der Waals surface area contributed by atoms with Crippen molar-refractivity contribution >= 4 is 9.84 Å². The largest absolute Gasteiger partial charge is 0.384 e. The normalized spacial score (nSPS) is 14.9. The lowest BCUT2D eigenvalue weighted by Crippen LogP contribution is -2.37. The lowest BCUT2D eigenvalue weighted by Gasteiger charge is -2.25. The summed E-state index contributed by atoms with van der Waals surface area (Å²) >= 11 is 0. The molecule has 0 saturated heterocycles. The molecule has 1 rings (SSSR count). The number of rotatable bonds is 9. The van der Waals surface area contributed by atoms with Crippen molar-refractivity contribution in [2.45, 2.75) is 38.5 Å². The van der Waals surface area contributed by atoms with Crippen LogP contribution in [0.2, 0.25) is 0 Å². The summed E-state index contributed by atoms with van der Waals surface area (Å²) in [7, 11) is -1.68. The predicted molar refractivity (Wildman–Crippen MR) is 87.4 cm³/mol. The van der Waals surface area contributed by atoms with Gasteiger partial charge in [0, 0.05) is 13.2 Å². The Balaban J connectivity index is 2.98. The lowest BCUT2D eigenvalue weighted by molar-refractivity contribution is 0.216. The summed E-state index contributed by atoms with van der Waals surface area (Å²) in [5, 5.41) is 2.81. The summed E-state index contributed by atoms with van der Waals surface area (Å²) in [6.45, 7) is 6.83. The van der Waals surface area contributed by atoms with Crippen LogP contribution in [0.4, 0.5) is 0 Å². The first-order valence-corrected chi connectivity index (χ1v) is 9.20. The maximum atomic E-state index is 12.4. The van der Waals surface area contributed by atoms with Gasteiger partial charge in [0.25, 0.3) is 0 Å². The fourth-order valence-corrected chi connectivity index (χ4v) is 3.77. The Morgan fingerprint density at radius 1 is 1.19 bits per heavy atom. The van der Waals surface area contributed by atoms with Gasteiger partial charge in [-0.1, -0.05) is 38.1 Å². The Morgan fingerprint density at radius 3 is 2.29 bits per heavy atom. The smallest absolute Gasteiger partial charge is 0.157 e. The molecule has 0 aromatic heterocycles. The van der Waals surface area contributed by atoms with E-state index >= 15 is 0 Å². The second-order valence-electron chi connectivity index (χ2n) is 5.20. The maximum absolute atomic E-state index is 12.4. The number of sulfone groups is 1. The third kappa shape index (κ3) is 5.09. The molecule has 0 bridgehead atoms. The molecular formula is C16H27NO3S. The van der Waals surface area contributed by atoms with Crippen LogP contribution in [0, 0.1) is 0 Å². The van der Waals surface area contributed by atoms with Gasteiger partial charge in [0.1, 0.15) is 0 Å². The van der Waals surface area contributed by atoms with Gasteiger partial charge in [-0.2, -0.15) is 0 Å². The van der Waals surface area contributed by atoms with Crippen LogP contribution in [0.25, 0.3) is 0 Å². The lowest BCUT2D eigenvalue weighted by atomic mass is 10.0. The zero-order valence-corrected chi connectivity index (χ0v) is 14.2. The second kappa shape index (κ2) is 8.51. The third-order valence-electron chi connectivity index (χ3n) is 3.78. The fourth-order valence-electron chi connectivity index (χ4n) is 2.33. The van der Waals surface area contributed by atoms with Crippen molar-refractivity contribution < 1.29 is 13.2 Å². The first-order valence-electron chi connectivity index (χ1n) is 7.49. The first-order chi connectivity index (χ1) is 9.96. The average molecular weight is 313 g/mol. The van der Waals surface area contributed by atoms with E-state index in [4.69, 9.17) is 4.74 Å². The number of hydrogen-bond donors (Lipinski definition) is 1.